The standard InChI is InChI=1S/C30H44N2O6/c1-29(2,3)37-27(35)31-23(19-21-13-9-7-10-14-21)25(33)17-18-26(34)24(20-22-15-11-8-12-16-22)32-28(36)38-30(4,5)6/h7-16,23-26,33-34H,17-20H2,1-6H3,(H,31,35)(H,32,36)/t23-,24-,25+,26+/m0/s1. The molecule has 2 aromatic carbocycles. The van der Waals surface area contributed by atoms with E-state index in [4.69, 9.17) is 9.47 Å². The Hall–Kier alpha value is -3.10. The third kappa shape index (κ3) is 12.4. The Balaban J connectivity index is 2.10. The number of aliphatic hydroxyl groups excluding tert-OH is 2. The molecule has 2 amide bonds. The summed E-state index contributed by atoms with van der Waals surface area (Å²) in [4.78, 5) is 25.0. The average Bonchev–Trinajstić information content (AvgIpc) is 2.80. The van der Waals surface area contributed by atoms with Crippen molar-refractivity contribution in [3.8, 4) is 0 Å². The van der Waals surface area contributed by atoms with Crippen molar-refractivity contribution in [3.63, 3.8) is 0 Å². The number of rotatable bonds is 11. The topological polar surface area (TPSA) is 117 Å². The molecule has 2 rings (SSSR count). The summed E-state index contributed by atoms with van der Waals surface area (Å²) >= 11 is 0. The summed E-state index contributed by atoms with van der Waals surface area (Å²) in [5, 5.41) is 27.7. The molecule has 0 radical (unpaired) electrons. The van der Waals surface area contributed by atoms with Gasteiger partial charge in [0.2, 0.25) is 0 Å². The van der Waals surface area contributed by atoms with E-state index in [9.17, 15) is 19.8 Å². The molecule has 0 aromatic heterocycles. The molecule has 0 aliphatic carbocycles. The highest BCUT2D eigenvalue weighted by Gasteiger charge is 2.29. The van der Waals surface area contributed by atoms with E-state index in [1.165, 1.54) is 0 Å². The normalized spacial score (nSPS) is 15.1. The van der Waals surface area contributed by atoms with Gasteiger partial charge in [0.25, 0.3) is 0 Å². The van der Waals surface area contributed by atoms with Crippen molar-refractivity contribution < 1.29 is 29.3 Å². The van der Waals surface area contributed by atoms with E-state index < -0.39 is 47.7 Å². The van der Waals surface area contributed by atoms with Crippen LogP contribution in [0, 0.1) is 0 Å². The number of hydrogen-bond donors (Lipinski definition) is 4. The van der Waals surface area contributed by atoms with E-state index in [1.54, 1.807) is 41.5 Å². The Labute approximate surface area is 226 Å². The van der Waals surface area contributed by atoms with Crippen LogP contribution in [0.2, 0.25) is 0 Å². The lowest BCUT2D eigenvalue weighted by Gasteiger charge is -2.29. The van der Waals surface area contributed by atoms with Gasteiger partial charge >= 0.3 is 12.2 Å². The van der Waals surface area contributed by atoms with Crippen molar-refractivity contribution in [1.29, 1.82) is 0 Å². The SMILES string of the molecule is CC(C)(C)OC(=O)N[C@@H](Cc1ccccc1)[C@H](O)CC[C@@H](O)[C@H](Cc1ccccc1)NC(=O)OC(C)(C)C. The first-order valence-electron chi connectivity index (χ1n) is 13.1. The van der Waals surface area contributed by atoms with Crippen LogP contribution in [0.5, 0.6) is 0 Å². The molecule has 4 atom stereocenters. The first-order chi connectivity index (χ1) is 17.7. The molecular weight excluding hydrogens is 484 g/mol. The highest BCUT2D eigenvalue weighted by Crippen LogP contribution is 2.17. The van der Waals surface area contributed by atoms with Crippen molar-refractivity contribution in [2.75, 3.05) is 0 Å². The van der Waals surface area contributed by atoms with Gasteiger partial charge in [-0.25, -0.2) is 9.59 Å². The van der Waals surface area contributed by atoms with Gasteiger partial charge in [0.15, 0.2) is 0 Å². The van der Waals surface area contributed by atoms with E-state index in [0.717, 1.165) is 11.1 Å². The minimum Gasteiger partial charge on any atom is -0.444 e. The first kappa shape index (κ1) is 31.1. The highest BCUT2D eigenvalue weighted by molar-refractivity contribution is 5.68. The number of aliphatic hydroxyl groups is 2. The number of carbonyl (C=O) groups excluding carboxylic acids is 2. The molecule has 38 heavy (non-hydrogen) atoms. The van der Waals surface area contributed by atoms with Crippen LogP contribution in [0.15, 0.2) is 60.7 Å². The number of nitrogens with one attached hydrogen (secondary N) is 2. The van der Waals surface area contributed by atoms with Crippen molar-refractivity contribution in [3.05, 3.63) is 71.8 Å². The van der Waals surface area contributed by atoms with E-state index in [1.807, 2.05) is 60.7 Å². The summed E-state index contributed by atoms with van der Waals surface area (Å²) < 4.78 is 10.8. The zero-order valence-electron chi connectivity index (χ0n) is 23.4. The minimum atomic E-state index is -0.962. The van der Waals surface area contributed by atoms with E-state index in [-0.39, 0.29) is 12.8 Å². The molecule has 210 valence electrons. The van der Waals surface area contributed by atoms with E-state index in [2.05, 4.69) is 10.6 Å². The van der Waals surface area contributed by atoms with Crippen LogP contribution in [0.1, 0.15) is 65.5 Å². The second kappa shape index (κ2) is 14.2. The maximum absolute atomic E-state index is 12.5. The summed E-state index contributed by atoms with van der Waals surface area (Å²) in [6.45, 7) is 10.6. The third-order valence-electron chi connectivity index (χ3n) is 5.69. The van der Waals surface area contributed by atoms with Crippen LogP contribution in [-0.4, -0.2) is 57.9 Å². The molecule has 0 saturated heterocycles. The molecule has 0 heterocycles. The third-order valence-corrected chi connectivity index (χ3v) is 5.69. The lowest BCUT2D eigenvalue weighted by Crippen LogP contribution is -2.49. The molecule has 0 aliphatic rings. The monoisotopic (exact) mass is 528 g/mol. The molecule has 8 nitrogen and oxygen atoms in total. The average molecular weight is 529 g/mol. The fourth-order valence-electron chi connectivity index (χ4n) is 3.96. The van der Waals surface area contributed by atoms with Gasteiger partial charge in [-0.3, -0.25) is 0 Å². The largest absolute Gasteiger partial charge is 0.444 e. The number of amides is 2. The van der Waals surface area contributed by atoms with Crippen molar-refractivity contribution in [2.24, 2.45) is 0 Å². The van der Waals surface area contributed by atoms with Gasteiger partial charge in [0.05, 0.1) is 24.3 Å². The zero-order valence-corrected chi connectivity index (χ0v) is 23.4. The van der Waals surface area contributed by atoms with Crippen molar-refractivity contribution in [2.45, 2.75) is 103 Å². The number of ether oxygens (including phenoxy) is 2. The van der Waals surface area contributed by atoms with Gasteiger partial charge in [-0.1, -0.05) is 60.7 Å². The highest BCUT2D eigenvalue weighted by atomic mass is 16.6. The fraction of sp³-hybridized carbons (Fsp3) is 0.533. The van der Waals surface area contributed by atoms with Crippen molar-refractivity contribution in [1.82, 2.24) is 10.6 Å². The van der Waals surface area contributed by atoms with E-state index in [0.29, 0.717) is 12.8 Å². The quantitative estimate of drug-likeness (QED) is 0.334. The summed E-state index contributed by atoms with van der Waals surface area (Å²) in [6.07, 6.45) is -2.00. The molecule has 2 aromatic rings. The predicted octanol–water partition coefficient (Wildman–Crippen LogP) is 4.76. The molecule has 0 saturated carbocycles. The molecule has 0 unspecified atom stereocenters. The number of benzene rings is 2. The Kier molecular flexibility index (Phi) is 11.6. The second-order valence-corrected chi connectivity index (χ2v) is 11.6. The van der Waals surface area contributed by atoms with Gasteiger partial charge in [-0.15, -0.1) is 0 Å². The maximum Gasteiger partial charge on any atom is 0.407 e. The molecule has 0 bridgehead atoms. The maximum atomic E-state index is 12.5. The minimum absolute atomic E-state index is 0.190. The predicted molar refractivity (Wildman–Crippen MR) is 148 cm³/mol. The van der Waals surface area contributed by atoms with Crippen LogP contribution in [0.25, 0.3) is 0 Å². The Bertz CT molecular complexity index is 904. The first-order valence-corrected chi connectivity index (χ1v) is 13.1. The van der Waals surface area contributed by atoms with Gasteiger partial charge < -0.3 is 30.3 Å². The Morgan fingerprint density at radius 2 is 0.974 bits per heavy atom. The Morgan fingerprint density at radius 3 is 1.26 bits per heavy atom. The summed E-state index contributed by atoms with van der Waals surface area (Å²) in [5.41, 5.74) is 0.532. The van der Waals surface area contributed by atoms with Crippen LogP contribution in [0.4, 0.5) is 9.59 Å². The van der Waals surface area contributed by atoms with Gasteiger partial charge in [-0.2, -0.15) is 0 Å². The van der Waals surface area contributed by atoms with Gasteiger partial charge in [-0.05, 0) is 78.4 Å². The smallest absolute Gasteiger partial charge is 0.407 e. The molecule has 0 fully saturated rings. The zero-order chi connectivity index (χ0) is 28.3. The molecule has 0 spiro atoms. The lowest BCUT2D eigenvalue weighted by molar-refractivity contribution is 0.0318. The van der Waals surface area contributed by atoms with Gasteiger partial charge in [0.1, 0.15) is 11.2 Å². The molecular formula is C30H44N2O6. The lowest BCUT2D eigenvalue weighted by atomic mass is 9.93. The number of hydrogen-bond acceptors (Lipinski definition) is 6. The number of alkyl carbamates (subject to hydrolysis) is 2. The Morgan fingerprint density at radius 1 is 0.658 bits per heavy atom. The summed E-state index contributed by atoms with van der Waals surface area (Å²) in [7, 11) is 0. The number of carbonyl (C=O) groups is 2. The van der Waals surface area contributed by atoms with Crippen LogP contribution in [-0.2, 0) is 22.3 Å². The van der Waals surface area contributed by atoms with Crippen LogP contribution >= 0.6 is 0 Å². The van der Waals surface area contributed by atoms with E-state index >= 15 is 0 Å². The molecule has 8 heteroatoms. The second-order valence-electron chi connectivity index (χ2n) is 11.6. The summed E-state index contributed by atoms with van der Waals surface area (Å²) in [5.74, 6) is 0. The van der Waals surface area contributed by atoms with Gasteiger partial charge in [0, 0.05) is 0 Å². The van der Waals surface area contributed by atoms with Crippen molar-refractivity contribution >= 4 is 12.2 Å². The van der Waals surface area contributed by atoms with Crippen LogP contribution in [0.3, 0.4) is 0 Å². The van der Waals surface area contributed by atoms with Crippen LogP contribution < -0.4 is 10.6 Å². The molecule has 4 N–H and O–H groups in total. The fourth-order valence-corrected chi connectivity index (χ4v) is 3.96. The summed E-state index contributed by atoms with van der Waals surface area (Å²) in [6, 6.07) is 17.8. The molecule has 0 aliphatic heterocycles.